The van der Waals surface area contributed by atoms with Crippen LogP contribution in [0.1, 0.15) is 44.1 Å². The molecular weight excluding hydrogens is 300 g/mol. The predicted molar refractivity (Wildman–Crippen MR) is 88.8 cm³/mol. The van der Waals surface area contributed by atoms with Crippen molar-refractivity contribution in [1.82, 2.24) is 5.32 Å². The maximum Gasteiger partial charge on any atom is 0.247 e. The van der Waals surface area contributed by atoms with E-state index < -0.39 is 12.0 Å². The summed E-state index contributed by atoms with van der Waals surface area (Å²) in [6.45, 7) is 0. The highest BCUT2D eigenvalue weighted by Gasteiger charge is 2.27. The molecule has 0 bridgehead atoms. The quantitative estimate of drug-likeness (QED) is 0.721. The molecule has 0 spiro atoms. The number of primary amides is 1. The van der Waals surface area contributed by atoms with Gasteiger partial charge in [-0.15, -0.1) is 0 Å². The van der Waals surface area contributed by atoms with Crippen molar-refractivity contribution >= 4 is 17.5 Å². The Bertz CT molecular complexity index is 489. The summed E-state index contributed by atoms with van der Waals surface area (Å²) in [5.41, 5.74) is 6.38. The van der Waals surface area contributed by atoms with Crippen LogP contribution in [0.3, 0.4) is 0 Å². The molecule has 1 aromatic carbocycles. The molecule has 1 amide bonds. The Kier molecular flexibility index (Phi) is 6.68. The van der Waals surface area contributed by atoms with E-state index in [1.54, 1.807) is 0 Å². The first-order chi connectivity index (χ1) is 10.6. The number of amides is 1. The number of aliphatic hydroxyl groups is 1. The van der Waals surface area contributed by atoms with Gasteiger partial charge in [0.1, 0.15) is 6.10 Å². The summed E-state index contributed by atoms with van der Waals surface area (Å²) in [6, 6.07) is 7.72. The van der Waals surface area contributed by atoms with Crippen LogP contribution in [-0.4, -0.2) is 29.2 Å². The van der Waals surface area contributed by atoms with Crippen LogP contribution in [0.15, 0.2) is 24.3 Å². The van der Waals surface area contributed by atoms with Crippen molar-refractivity contribution in [1.29, 1.82) is 0 Å². The molecular formula is C17H25ClN2O2. The third-order valence-corrected chi connectivity index (χ3v) is 4.60. The molecule has 1 aliphatic carbocycles. The maximum absolute atomic E-state index is 11.4. The molecule has 1 saturated carbocycles. The second-order valence-corrected chi connectivity index (χ2v) is 6.56. The van der Waals surface area contributed by atoms with Crippen LogP contribution in [0.5, 0.6) is 0 Å². The zero-order chi connectivity index (χ0) is 15.9. The van der Waals surface area contributed by atoms with E-state index in [4.69, 9.17) is 17.3 Å². The Morgan fingerprint density at radius 3 is 2.73 bits per heavy atom. The van der Waals surface area contributed by atoms with Crippen molar-refractivity contribution in [2.75, 3.05) is 0 Å². The van der Waals surface area contributed by atoms with Crippen molar-refractivity contribution in [3.05, 3.63) is 34.9 Å². The number of benzene rings is 1. The first-order valence-electron chi connectivity index (χ1n) is 8.04. The lowest BCUT2D eigenvalue weighted by Crippen LogP contribution is -2.51. The van der Waals surface area contributed by atoms with Gasteiger partial charge in [0.2, 0.25) is 5.91 Å². The van der Waals surface area contributed by atoms with E-state index in [9.17, 15) is 9.90 Å². The van der Waals surface area contributed by atoms with Gasteiger partial charge in [0, 0.05) is 17.1 Å². The smallest absolute Gasteiger partial charge is 0.247 e. The van der Waals surface area contributed by atoms with Crippen molar-refractivity contribution in [3.63, 3.8) is 0 Å². The molecule has 122 valence electrons. The Morgan fingerprint density at radius 1 is 1.36 bits per heavy atom. The van der Waals surface area contributed by atoms with Gasteiger partial charge in [0.05, 0.1) is 0 Å². The highest BCUT2D eigenvalue weighted by molar-refractivity contribution is 6.30. The van der Waals surface area contributed by atoms with E-state index in [-0.39, 0.29) is 6.04 Å². The molecule has 0 aromatic heterocycles. The summed E-state index contributed by atoms with van der Waals surface area (Å²) in [6.07, 6.45) is 6.11. The van der Waals surface area contributed by atoms with Gasteiger partial charge in [-0.05, 0) is 43.4 Å². The number of halogens is 1. The number of carbonyl (C=O) groups is 1. The van der Waals surface area contributed by atoms with Gasteiger partial charge in [-0.2, -0.15) is 0 Å². The summed E-state index contributed by atoms with van der Waals surface area (Å²) >= 11 is 5.99. The first kappa shape index (κ1) is 17.3. The third kappa shape index (κ3) is 5.27. The fourth-order valence-electron chi connectivity index (χ4n) is 3.12. The summed E-state index contributed by atoms with van der Waals surface area (Å²) in [5.74, 6) is -0.667. The molecule has 5 heteroatoms. The average molecular weight is 325 g/mol. The number of hydrogen-bond acceptors (Lipinski definition) is 3. The number of nitrogens with one attached hydrogen (secondary N) is 1. The molecule has 1 fully saturated rings. The topological polar surface area (TPSA) is 75.4 Å². The van der Waals surface area contributed by atoms with Crippen molar-refractivity contribution in [2.24, 2.45) is 5.73 Å². The largest absolute Gasteiger partial charge is 0.382 e. The molecule has 0 radical (unpaired) electrons. The number of nitrogens with two attached hydrogens (primary N) is 1. The highest BCUT2D eigenvalue weighted by Crippen LogP contribution is 2.20. The Balaban J connectivity index is 1.95. The molecule has 22 heavy (non-hydrogen) atoms. The van der Waals surface area contributed by atoms with Crippen molar-refractivity contribution < 1.29 is 9.90 Å². The molecule has 0 aliphatic heterocycles. The van der Waals surface area contributed by atoms with Crippen molar-refractivity contribution in [2.45, 2.75) is 63.1 Å². The SMILES string of the molecule is NC(=O)C(O)C(CCc1cccc(Cl)c1)NC1CCCCC1. The Hall–Kier alpha value is -1.10. The van der Waals surface area contributed by atoms with Gasteiger partial charge in [0.15, 0.2) is 0 Å². The molecule has 2 atom stereocenters. The average Bonchev–Trinajstić information content (AvgIpc) is 2.51. The first-order valence-corrected chi connectivity index (χ1v) is 8.42. The lowest BCUT2D eigenvalue weighted by molar-refractivity contribution is -0.127. The van der Waals surface area contributed by atoms with Gasteiger partial charge in [0.25, 0.3) is 0 Å². The normalized spacial score (nSPS) is 18.8. The number of aryl methyl sites for hydroxylation is 1. The van der Waals surface area contributed by atoms with Crippen LogP contribution in [0.25, 0.3) is 0 Å². The van der Waals surface area contributed by atoms with Crippen LogP contribution in [0.2, 0.25) is 5.02 Å². The second kappa shape index (κ2) is 8.51. The lowest BCUT2D eigenvalue weighted by atomic mass is 9.93. The third-order valence-electron chi connectivity index (χ3n) is 4.36. The van der Waals surface area contributed by atoms with E-state index in [1.807, 2.05) is 24.3 Å². The van der Waals surface area contributed by atoms with Crippen molar-refractivity contribution in [3.8, 4) is 0 Å². The predicted octanol–water partition coefficient (Wildman–Crippen LogP) is 2.41. The van der Waals surface area contributed by atoms with E-state index >= 15 is 0 Å². The number of hydrogen-bond donors (Lipinski definition) is 3. The fraction of sp³-hybridized carbons (Fsp3) is 0.588. The van der Waals surface area contributed by atoms with E-state index in [1.165, 1.54) is 19.3 Å². The maximum atomic E-state index is 11.4. The van der Waals surface area contributed by atoms with E-state index in [2.05, 4.69) is 5.32 Å². The Morgan fingerprint density at radius 2 is 2.09 bits per heavy atom. The molecule has 4 N–H and O–H groups in total. The molecule has 1 aromatic rings. The van der Waals surface area contributed by atoms with Gasteiger partial charge >= 0.3 is 0 Å². The minimum absolute atomic E-state index is 0.306. The monoisotopic (exact) mass is 324 g/mol. The minimum Gasteiger partial charge on any atom is -0.382 e. The van der Waals surface area contributed by atoms with E-state index in [0.717, 1.165) is 24.8 Å². The molecule has 1 aliphatic rings. The highest BCUT2D eigenvalue weighted by atomic mass is 35.5. The summed E-state index contributed by atoms with van der Waals surface area (Å²) in [5, 5.41) is 14.2. The molecule has 0 saturated heterocycles. The van der Waals surface area contributed by atoms with Crippen LogP contribution in [0.4, 0.5) is 0 Å². The minimum atomic E-state index is -1.15. The van der Waals surface area contributed by atoms with Gasteiger partial charge in [-0.25, -0.2) is 0 Å². The van der Waals surface area contributed by atoms with Crippen LogP contribution < -0.4 is 11.1 Å². The van der Waals surface area contributed by atoms with Gasteiger partial charge < -0.3 is 16.2 Å². The zero-order valence-electron chi connectivity index (χ0n) is 12.8. The fourth-order valence-corrected chi connectivity index (χ4v) is 3.33. The van der Waals surface area contributed by atoms with Crippen LogP contribution in [-0.2, 0) is 11.2 Å². The van der Waals surface area contributed by atoms with Gasteiger partial charge in [-0.1, -0.05) is 43.0 Å². The second-order valence-electron chi connectivity index (χ2n) is 6.12. The lowest BCUT2D eigenvalue weighted by Gasteiger charge is -2.30. The molecule has 0 heterocycles. The Labute approximate surface area is 137 Å². The summed E-state index contributed by atoms with van der Waals surface area (Å²) < 4.78 is 0. The number of rotatable bonds is 7. The summed E-state index contributed by atoms with van der Waals surface area (Å²) in [7, 11) is 0. The number of aliphatic hydroxyl groups excluding tert-OH is 1. The molecule has 2 unspecified atom stereocenters. The summed E-state index contributed by atoms with van der Waals surface area (Å²) in [4.78, 5) is 11.4. The van der Waals surface area contributed by atoms with E-state index in [0.29, 0.717) is 17.5 Å². The molecule has 2 rings (SSSR count). The van der Waals surface area contributed by atoms with Crippen LogP contribution >= 0.6 is 11.6 Å². The standard InChI is InChI=1S/C17H25ClN2O2/c18-13-6-4-5-12(11-13)9-10-15(16(21)17(19)22)20-14-7-2-1-3-8-14/h4-6,11,14-16,20-21H,1-3,7-10H2,(H2,19,22). The van der Waals surface area contributed by atoms with Crippen LogP contribution in [0, 0.1) is 0 Å². The zero-order valence-corrected chi connectivity index (χ0v) is 13.6. The number of carbonyl (C=O) groups excluding carboxylic acids is 1. The molecule has 4 nitrogen and oxygen atoms in total. The van der Waals surface area contributed by atoms with Gasteiger partial charge in [-0.3, -0.25) is 4.79 Å².